The van der Waals surface area contributed by atoms with Crippen LogP contribution in [-0.2, 0) is 14.3 Å². The van der Waals surface area contributed by atoms with Crippen LogP contribution in [0.4, 0.5) is 0 Å². The minimum atomic E-state index is -0.0184. The van der Waals surface area contributed by atoms with Crippen molar-refractivity contribution in [3.05, 3.63) is 0 Å². The fourth-order valence-corrected chi connectivity index (χ4v) is 2.93. The van der Waals surface area contributed by atoms with Crippen LogP contribution >= 0.6 is 24.0 Å². The highest BCUT2D eigenvalue weighted by Gasteiger charge is 2.24. The Bertz CT molecular complexity index is 503. The van der Waals surface area contributed by atoms with Gasteiger partial charge in [0.15, 0.2) is 5.96 Å². The van der Waals surface area contributed by atoms with Crippen LogP contribution in [0.5, 0.6) is 0 Å². The number of ether oxygens (including phenoxy) is 1. The second-order valence-corrected chi connectivity index (χ2v) is 6.71. The zero-order valence-electron chi connectivity index (χ0n) is 16.6. The lowest BCUT2D eigenvalue weighted by Crippen LogP contribution is -2.55. The molecule has 2 saturated heterocycles. The van der Waals surface area contributed by atoms with E-state index in [9.17, 15) is 9.59 Å². The number of carbonyl (C=O) groups excluding carboxylic acids is 2. The molecule has 1 N–H and O–H groups in total. The van der Waals surface area contributed by atoms with E-state index in [4.69, 9.17) is 4.74 Å². The van der Waals surface area contributed by atoms with Crippen LogP contribution in [0, 0.1) is 0 Å². The van der Waals surface area contributed by atoms with E-state index in [1.54, 1.807) is 19.0 Å². The summed E-state index contributed by atoms with van der Waals surface area (Å²) >= 11 is 0. The molecule has 10 heteroatoms. The topological polar surface area (TPSA) is 80.7 Å². The Hall–Kier alpha value is -1.14. The SMILES string of the molecule is CCNC(=NCC(=O)N(C)C)N1CCN(CC(=O)N2CCOCC2)CC1.I. The first kappa shape index (κ1) is 23.9. The largest absolute Gasteiger partial charge is 0.378 e. The number of hydrogen-bond donors (Lipinski definition) is 1. The first-order valence-electron chi connectivity index (χ1n) is 9.32. The van der Waals surface area contributed by atoms with Crippen molar-refractivity contribution in [2.24, 2.45) is 4.99 Å². The number of amides is 2. The first-order valence-corrected chi connectivity index (χ1v) is 9.32. The van der Waals surface area contributed by atoms with Crippen LogP contribution in [0.1, 0.15) is 6.92 Å². The molecule has 9 nitrogen and oxygen atoms in total. The number of piperazine rings is 1. The highest BCUT2D eigenvalue weighted by atomic mass is 127. The summed E-state index contributed by atoms with van der Waals surface area (Å²) in [6.07, 6.45) is 0. The number of carbonyl (C=O) groups is 2. The molecule has 2 fully saturated rings. The van der Waals surface area contributed by atoms with Crippen molar-refractivity contribution >= 4 is 41.8 Å². The molecule has 0 unspecified atom stereocenters. The van der Waals surface area contributed by atoms with Crippen molar-refractivity contribution in [3.63, 3.8) is 0 Å². The van der Waals surface area contributed by atoms with Crippen LogP contribution in [0.3, 0.4) is 0 Å². The van der Waals surface area contributed by atoms with Gasteiger partial charge in [-0.3, -0.25) is 14.5 Å². The summed E-state index contributed by atoms with van der Waals surface area (Å²) in [5.74, 6) is 0.927. The lowest BCUT2D eigenvalue weighted by atomic mass is 10.3. The Morgan fingerprint density at radius 3 is 2.22 bits per heavy atom. The van der Waals surface area contributed by atoms with Gasteiger partial charge in [-0.2, -0.15) is 0 Å². The summed E-state index contributed by atoms with van der Waals surface area (Å²) in [6, 6.07) is 0. The van der Waals surface area contributed by atoms with Crippen molar-refractivity contribution < 1.29 is 14.3 Å². The molecule has 2 aliphatic heterocycles. The zero-order chi connectivity index (χ0) is 18.9. The van der Waals surface area contributed by atoms with Gasteiger partial charge in [0, 0.05) is 59.9 Å². The van der Waals surface area contributed by atoms with Crippen molar-refractivity contribution in [1.29, 1.82) is 0 Å². The number of nitrogens with one attached hydrogen (secondary N) is 1. The van der Waals surface area contributed by atoms with Crippen molar-refractivity contribution in [3.8, 4) is 0 Å². The Balaban J connectivity index is 0.00000364. The average Bonchev–Trinajstić information content (AvgIpc) is 2.66. The van der Waals surface area contributed by atoms with E-state index in [-0.39, 0.29) is 42.3 Å². The number of nitrogens with zero attached hydrogens (tertiary/aromatic N) is 5. The first-order chi connectivity index (χ1) is 12.5. The van der Waals surface area contributed by atoms with Crippen LogP contribution in [0.2, 0.25) is 0 Å². The average molecular weight is 496 g/mol. The van der Waals surface area contributed by atoms with Crippen molar-refractivity contribution in [2.45, 2.75) is 6.92 Å². The molecule has 0 radical (unpaired) electrons. The van der Waals surface area contributed by atoms with Crippen LogP contribution in [0.25, 0.3) is 0 Å². The van der Waals surface area contributed by atoms with Crippen molar-refractivity contribution in [2.75, 3.05) is 86.2 Å². The third kappa shape index (κ3) is 7.78. The van der Waals surface area contributed by atoms with E-state index in [0.29, 0.717) is 32.8 Å². The summed E-state index contributed by atoms with van der Waals surface area (Å²) < 4.78 is 5.30. The summed E-state index contributed by atoms with van der Waals surface area (Å²) in [4.78, 5) is 36.3. The van der Waals surface area contributed by atoms with Gasteiger partial charge in [0.05, 0.1) is 19.8 Å². The molecular formula is C17H33IN6O3. The van der Waals surface area contributed by atoms with E-state index < -0.39 is 0 Å². The number of hydrogen-bond acceptors (Lipinski definition) is 5. The Labute approximate surface area is 179 Å². The molecule has 0 aromatic rings. The predicted octanol–water partition coefficient (Wildman–Crippen LogP) is -0.865. The van der Waals surface area contributed by atoms with Crippen molar-refractivity contribution in [1.82, 2.24) is 24.9 Å². The van der Waals surface area contributed by atoms with Crippen LogP contribution < -0.4 is 5.32 Å². The zero-order valence-corrected chi connectivity index (χ0v) is 19.0. The van der Waals surface area contributed by atoms with E-state index in [1.807, 2.05) is 11.8 Å². The fraction of sp³-hybridized carbons (Fsp3) is 0.824. The summed E-state index contributed by atoms with van der Waals surface area (Å²) in [5, 5.41) is 3.25. The lowest BCUT2D eigenvalue weighted by molar-refractivity contribution is -0.136. The predicted molar refractivity (Wildman–Crippen MR) is 115 cm³/mol. The van der Waals surface area contributed by atoms with E-state index in [0.717, 1.165) is 38.7 Å². The number of likely N-dealkylation sites (N-methyl/N-ethyl adjacent to an activating group) is 1. The van der Waals surface area contributed by atoms with Gasteiger partial charge < -0.3 is 24.8 Å². The second kappa shape index (κ2) is 12.3. The van der Waals surface area contributed by atoms with Crippen LogP contribution in [-0.4, -0.2) is 124 Å². The maximum Gasteiger partial charge on any atom is 0.243 e. The molecule has 156 valence electrons. The molecule has 0 bridgehead atoms. The highest BCUT2D eigenvalue weighted by Crippen LogP contribution is 2.05. The lowest BCUT2D eigenvalue weighted by Gasteiger charge is -2.37. The van der Waals surface area contributed by atoms with E-state index in [1.165, 1.54) is 0 Å². The molecule has 0 saturated carbocycles. The fourth-order valence-electron chi connectivity index (χ4n) is 2.93. The normalized spacial score (nSPS) is 18.7. The summed E-state index contributed by atoms with van der Waals surface area (Å²) in [6.45, 7) is 9.21. The third-order valence-corrected chi connectivity index (χ3v) is 4.59. The van der Waals surface area contributed by atoms with Gasteiger partial charge in [0.1, 0.15) is 6.54 Å². The van der Waals surface area contributed by atoms with Gasteiger partial charge in [0.2, 0.25) is 11.8 Å². The molecular weight excluding hydrogens is 463 g/mol. The van der Waals surface area contributed by atoms with E-state index in [2.05, 4.69) is 20.1 Å². The minimum Gasteiger partial charge on any atom is -0.378 e. The Kier molecular flexibility index (Phi) is 10.9. The van der Waals surface area contributed by atoms with Gasteiger partial charge >= 0.3 is 0 Å². The molecule has 0 aliphatic carbocycles. The van der Waals surface area contributed by atoms with Gasteiger partial charge in [0.25, 0.3) is 0 Å². The Morgan fingerprint density at radius 2 is 1.67 bits per heavy atom. The molecule has 0 atom stereocenters. The highest BCUT2D eigenvalue weighted by molar-refractivity contribution is 14.0. The number of rotatable bonds is 5. The Morgan fingerprint density at radius 1 is 1.04 bits per heavy atom. The molecule has 27 heavy (non-hydrogen) atoms. The van der Waals surface area contributed by atoms with Gasteiger partial charge in [-0.1, -0.05) is 0 Å². The van der Waals surface area contributed by atoms with Gasteiger partial charge in [-0.25, -0.2) is 4.99 Å². The smallest absolute Gasteiger partial charge is 0.243 e. The number of aliphatic imine (C=N–C) groups is 1. The quantitative estimate of drug-likeness (QED) is 0.303. The molecule has 0 aromatic carbocycles. The molecule has 2 heterocycles. The molecule has 2 amide bonds. The number of halogens is 1. The summed E-state index contributed by atoms with van der Waals surface area (Å²) in [7, 11) is 3.46. The third-order valence-electron chi connectivity index (χ3n) is 4.59. The summed E-state index contributed by atoms with van der Waals surface area (Å²) in [5.41, 5.74) is 0. The monoisotopic (exact) mass is 496 g/mol. The number of guanidine groups is 1. The maximum absolute atomic E-state index is 12.4. The van der Waals surface area contributed by atoms with Gasteiger partial charge in [-0.15, -0.1) is 24.0 Å². The standard InChI is InChI=1S/C17H32N6O3.HI/c1-4-18-17(19-13-15(24)20(2)3)23-7-5-21(6-8-23)14-16(25)22-9-11-26-12-10-22;/h4-14H2,1-3H3,(H,18,19);1H. The minimum absolute atomic E-state index is 0. The van der Waals surface area contributed by atoms with E-state index >= 15 is 0 Å². The molecule has 0 aromatic heterocycles. The number of morpholine rings is 1. The molecule has 2 aliphatic rings. The van der Waals surface area contributed by atoms with Gasteiger partial charge in [-0.05, 0) is 6.92 Å². The van der Waals surface area contributed by atoms with Crippen LogP contribution in [0.15, 0.2) is 4.99 Å². The molecule has 0 spiro atoms. The maximum atomic E-state index is 12.4. The molecule has 2 rings (SSSR count). The second-order valence-electron chi connectivity index (χ2n) is 6.71.